The lowest BCUT2D eigenvalue weighted by Crippen LogP contribution is -2.04. The molecule has 6 aromatic rings. The van der Waals surface area contributed by atoms with Crippen molar-refractivity contribution in [3.63, 3.8) is 0 Å². The van der Waals surface area contributed by atoms with Gasteiger partial charge in [-0.05, 0) is 119 Å². The first-order chi connectivity index (χ1) is 22.3. The van der Waals surface area contributed by atoms with Crippen LogP contribution in [0.25, 0.3) is 22.3 Å². The summed E-state index contributed by atoms with van der Waals surface area (Å²) >= 11 is 0. The SMILES string of the molecule is CC(=O)Nc1ccc(O)cc1.CC(=O)Nc1ccc(O)cc1.c1cc(-c2ccncc2)ccn1.c1cc(-c2ccncc2)ccn1. The molecule has 0 saturated carbocycles. The lowest BCUT2D eigenvalue weighted by atomic mass is 10.1. The highest BCUT2D eigenvalue weighted by Crippen LogP contribution is 2.17. The monoisotopic (exact) mass is 614 g/mol. The summed E-state index contributed by atoms with van der Waals surface area (Å²) in [7, 11) is 0. The molecule has 0 atom stereocenters. The smallest absolute Gasteiger partial charge is 0.221 e. The molecule has 10 heteroatoms. The molecule has 0 saturated heterocycles. The molecule has 0 aliphatic heterocycles. The van der Waals surface area contributed by atoms with E-state index in [0.29, 0.717) is 11.4 Å². The second-order valence-corrected chi connectivity index (χ2v) is 9.40. The molecule has 6 rings (SSSR count). The standard InChI is InChI=1S/2C10H8N2.2C8H9NO2/c2*1-5-11-6-2-9(1)10-3-7-12-8-4-10;2*1-6(10)9-7-2-4-8(11)5-3-7/h2*1-8H;2*2-5,11H,1H3,(H,9,10). The summed E-state index contributed by atoms with van der Waals surface area (Å²) in [5.41, 5.74) is 6.07. The molecule has 0 unspecified atom stereocenters. The number of phenols is 2. The van der Waals surface area contributed by atoms with Crippen molar-refractivity contribution < 1.29 is 19.8 Å². The van der Waals surface area contributed by atoms with Gasteiger partial charge in [-0.3, -0.25) is 29.5 Å². The number of benzene rings is 2. The van der Waals surface area contributed by atoms with E-state index in [1.165, 1.54) is 60.4 Å². The van der Waals surface area contributed by atoms with Crippen molar-refractivity contribution in [2.45, 2.75) is 13.8 Å². The Bertz CT molecular complexity index is 1520. The molecule has 10 nitrogen and oxygen atoms in total. The van der Waals surface area contributed by atoms with Gasteiger partial charge in [0.1, 0.15) is 11.5 Å². The van der Waals surface area contributed by atoms with Crippen LogP contribution in [0.15, 0.2) is 147 Å². The lowest BCUT2D eigenvalue weighted by Gasteiger charge is -1.99. The molecule has 0 aliphatic carbocycles. The van der Waals surface area contributed by atoms with Crippen molar-refractivity contribution in [3.05, 3.63) is 147 Å². The normalized spacial score (nSPS) is 9.43. The number of pyridine rings is 4. The summed E-state index contributed by atoms with van der Waals surface area (Å²) in [6.45, 7) is 2.87. The van der Waals surface area contributed by atoms with Crippen LogP contribution in [-0.4, -0.2) is 42.0 Å². The van der Waals surface area contributed by atoms with E-state index in [4.69, 9.17) is 10.2 Å². The van der Waals surface area contributed by atoms with E-state index in [-0.39, 0.29) is 23.3 Å². The molecule has 0 spiro atoms. The fourth-order valence-corrected chi connectivity index (χ4v) is 3.67. The molecule has 0 bridgehead atoms. The third kappa shape index (κ3) is 13.3. The van der Waals surface area contributed by atoms with Gasteiger partial charge in [0.25, 0.3) is 0 Å². The average molecular weight is 615 g/mol. The van der Waals surface area contributed by atoms with Crippen molar-refractivity contribution in [1.29, 1.82) is 0 Å². The minimum absolute atomic E-state index is 0.115. The molecule has 2 amide bonds. The van der Waals surface area contributed by atoms with Crippen molar-refractivity contribution in [3.8, 4) is 33.8 Å². The summed E-state index contributed by atoms with van der Waals surface area (Å²) < 4.78 is 0. The summed E-state index contributed by atoms with van der Waals surface area (Å²) in [5.74, 6) is 0.157. The van der Waals surface area contributed by atoms with Crippen LogP contribution in [-0.2, 0) is 9.59 Å². The van der Waals surface area contributed by atoms with Gasteiger partial charge in [-0.15, -0.1) is 0 Å². The van der Waals surface area contributed by atoms with Crippen molar-refractivity contribution >= 4 is 23.2 Å². The number of aromatic nitrogens is 4. The Morgan fingerprint density at radius 2 is 0.630 bits per heavy atom. The molecule has 232 valence electrons. The van der Waals surface area contributed by atoms with Crippen LogP contribution in [0.1, 0.15) is 13.8 Å². The second-order valence-electron chi connectivity index (χ2n) is 9.40. The van der Waals surface area contributed by atoms with Gasteiger partial charge in [-0.2, -0.15) is 0 Å². The molecule has 0 fully saturated rings. The van der Waals surface area contributed by atoms with E-state index in [9.17, 15) is 9.59 Å². The van der Waals surface area contributed by atoms with Crippen LogP contribution in [0.2, 0.25) is 0 Å². The number of rotatable bonds is 4. The predicted octanol–water partition coefficient (Wildman–Crippen LogP) is 6.99. The number of carbonyl (C=O) groups is 2. The van der Waals surface area contributed by atoms with Crippen molar-refractivity contribution in [2.24, 2.45) is 0 Å². The number of phenolic OH excluding ortho intramolecular Hbond substituents is 2. The number of carbonyl (C=O) groups excluding carboxylic acids is 2. The summed E-state index contributed by atoms with van der Waals surface area (Å²) in [5, 5.41) is 22.9. The average Bonchev–Trinajstić information content (AvgIpc) is 3.09. The molecule has 46 heavy (non-hydrogen) atoms. The Morgan fingerprint density at radius 3 is 0.826 bits per heavy atom. The van der Waals surface area contributed by atoms with Crippen LogP contribution >= 0.6 is 0 Å². The third-order valence-corrected chi connectivity index (χ3v) is 5.76. The van der Waals surface area contributed by atoms with Gasteiger partial charge in [0, 0.05) is 74.8 Å². The maximum Gasteiger partial charge on any atom is 0.221 e. The third-order valence-electron chi connectivity index (χ3n) is 5.76. The fraction of sp³-hybridized carbons (Fsp3) is 0.0556. The predicted molar refractivity (Wildman–Crippen MR) is 180 cm³/mol. The van der Waals surface area contributed by atoms with Crippen molar-refractivity contribution in [1.82, 2.24) is 19.9 Å². The minimum atomic E-state index is -0.115. The van der Waals surface area contributed by atoms with E-state index >= 15 is 0 Å². The van der Waals surface area contributed by atoms with E-state index in [2.05, 4.69) is 30.6 Å². The van der Waals surface area contributed by atoms with Crippen LogP contribution in [0.4, 0.5) is 11.4 Å². The van der Waals surface area contributed by atoms with E-state index < -0.39 is 0 Å². The Morgan fingerprint density at radius 1 is 0.413 bits per heavy atom. The Kier molecular flexibility index (Phi) is 14.1. The molecular formula is C36H34N6O4. The number of nitrogens with one attached hydrogen (secondary N) is 2. The topological polar surface area (TPSA) is 150 Å². The van der Waals surface area contributed by atoms with Gasteiger partial charge in [0.2, 0.25) is 11.8 Å². The lowest BCUT2D eigenvalue weighted by molar-refractivity contribution is -0.115. The zero-order valence-electron chi connectivity index (χ0n) is 25.4. The largest absolute Gasteiger partial charge is 0.508 e. The molecule has 0 radical (unpaired) electrons. The van der Waals surface area contributed by atoms with E-state index in [1.54, 1.807) is 73.8 Å². The zero-order valence-corrected chi connectivity index (χ0v) is 25.4. The number of hydrogen-bond donors (Lipinski definition) is 4. The molecule has 2 aromatic carbocycles. The van der Waals surface area contributed by atoms with Gasteiger partial charge in [0.15, 0.2) is 0 Å². The fourth-order valence-electron chi connectivity index (χ4n) is 3.67. The van der Waals surface area contributed by atoms with Gasteiger partial charge < -0.3 is 20.8 Å². The first-order valence-corrected chi connectivity index (χ1v) is 14.0. The van der Waals surface area contributed by atoms with Crippen LogP contribution in [0.5, 0.6) is 11.5 Å². The highest BCUT2D eigenvalue weighted by atomic mass is 16.3. The quantitative estimate of drug-likeness (QED) is 0.155. The zero-order chi connectivity index (χ0) is 33.0. The van der Waals surface area contributed by atoms with Crippen molar-refractivity contribution in [2.75, 3.05) is 10.6 Å². The number of aromatic hydroxyl groups is 2. The second kappa shape index (κ2) is 19.0. The van der Waals surface area contributed by atoms with Gasteiger partial charge in [-0.1, -0.05) is 0 Å². The van der Waals surface area contributed by atoms with Crippen LogP contribution in [0, 0.1) is 0 Å². The minimum Gasteiger partial charge on any atom is -0.508 e. The van der Waals surface area contributed by atoms with Crippen LogP contribution < -0.4 is 10.6 Å². The number of anilines is 2. The van der Waals surface area contributed by atoms with Crippen LogP contribution in [0.3, 0.4) is 0 Å². The molecular weight excluding hydrogens is 580 g/mol. The van der Waals surface area contributed by atoms with E-state index in [1.807, 2.05) is 48.5 Å². The maximum atomic E-state index is 10.5. The van der Waals surface area contributed by atoms with Gasteiger partial charge in [0.05, 0.1) is 0 Å². The van der Waals surface area contributed by atoms with Gasteiger partial charge in [-0.25, -0.2) is 0 Å². The Hall–Kier alpha value is -6.42. The summed E-state index contributed by atoms with van der Waals surface area (Å²) in [4.78, 5) is 36.9. The molecule has 4 N–H and O–H groups in total. The first kappa shape index (κ1) is 34.1. The highest BCUT2D eigenvalue weighted by molar-refractivity contribution is 5.89. The first-order valence-electron chi connectivity index (χ1n) is 14.0. The molecule has 4 aromatic heterocycles. The Labute approximate surface area is 267 Å². The Balaban J connectivity index is 0.000000167. The maximum absolute atomic E-state index is 10.5. The number of nitrogens with zero attached hydrogens (tertiary/aromatic N) is 4. The van der Waals surface area contributed by atoms with Gasteiger partial charge >= 0.3 is 0 Å². The molecule has 4 heterocycles. The molecule has 0 aliphatic rings. The summed E-state index contributed by atoms with van der Waals surface area (Å²) in [6.07, 6.45) is 14.3. The highest BCUT2D eigenvalue weighted by Gasteiger charge is 1.96. The number of amides is 2. The van der Waals surface area contributed by atoms with E-state index in [0.717, 1.165) is 0 Å². The summed E-state index contributed by atoms with van der Waals surface area (Å²) in [6, 6.07) is 28.5. The number of hydrogen-bond acceptors (Lipinski definition) is 8.